The number of carboxylic acid groups (broad SMARTS) is 1. The highest BCUT2D eigenvalue weighted by atomic mass is 16.4. The van der Waals surface area contributed by atoms with Gasteiger partial charge in [-0.05, 0) is 49.8 Å². The number of benzene rings is 1. The second-order valence-electron chi connectivity index (χ2n) is 5.90. The van der Waals surface area contributed by atoms with E-state index in [0.717, 1.165) is 5.56 Å². The monoisotopic (exact) mass is 289 g/mol. The summed E-state index contributed by atoms with van der Waals surface area (Å²) in [6, 6.07) is 6.97. The van der Waals surface area contributed by atoms with Crippen LogP contribution in [0.4, 0.5) is 0 Å². The molecule has 1 amide bonds. The van der Waals surface area contributed by atoms with Gasteiger partial charge in [0.1, 0.15) is 0 Å². The Morgan fingerprint density at radius 3 is 2.43 bits per heavy atom. The Hall–Kier alpha value is -1.84. The number of hydrogen-bond donors (Lipinski definition) is 2. The van der Waals surface area contributed by atoms with E-state index in [1.807, 2.05) is 0 Å². The number of amides is 1. The second kappa shape index (κ2) is 7.25. The molecular formula is C17H23NO3. The molecule has 114 valence electrons. The molecule has 0 bridgehead atoms. The standard InChI is InChI=1S/C17H23NO3/c1-12(14-4-2-3-5-14)18-16(19)11-8-13-6-9-15(10-7-13)17(20)21/h6-7,9-10,12,14H,2-5,8,11H2,1H3,(H,18,19)(H,20,21). The van der Waals surface area contributed by atoms with Crippen molar-refractivity contribution in [2.45, 2.75) is 51.5 Å². The fraction of sp³-hybridized carbons (Fsp3) is 0.529. The predicted molar refractivity (Wildman–Crippen MR) is 81.3 cm³/mol. The summed E-state index contributed by atoms with van der Waals surface area (Å²) < 4.78 is 0. The minimum Gasteiger partial charge on any atom is -0.478 e. The van der Waals surface area contributed by atoms with Gasteiger partial charge >= 0.3 is 5.97 Å². The van der Waals surface area contributed by atoms with Crippen molar-refractivity contribution in [1.82, 2.24) is 5.32 Å². The topological polar surface area (TPSA) is 66.4 Å². The van der Waals surface area contributed by atoms with E-state index in [1.165, 1.54) is 25.7 Å². The molecule has 2 N–H and O–H groups in total. The molecular weight excluding hydrogens is 266 g/mol. The molecule has 1 aliphatic rings. The van der Waals surface area contributed by atoms with Gasteiger partial charge in [0, 0.05) is 12.5 Å². The number of aromatic carboxylic acids is 1. The highest BCUT2D eigenvalue weighted by Crippen LogP contribution is 2.27. The lowest BCUT2D eigenvalue weighted by molar-refractivity contribution is -0.122. The molecule has 1 aromatic rings. The van der Waals surface area contributed by atoms with Gasteiger partial charge in [-0.3, -0.25) is 4.79 Å². The van der Waals surface area contributed by atoms with Crippen LogP contribution in [0.15, 0.2) is 24.3 Å². The summed E-state index contributed by atoms with van der Waals surface area (Å²) in [6.45, 7) is 2.09. The van der Waals surface area contributed by atoms with Crippen LogP contribution in [0.2, 0.25) is 0 Å². The van der Waals surface area contributed by atoms with Crippen molar-refractivity contribution in [3.05, 3.63) is 35.4 Å². The number of rotatable bonds is 6. The van der Waals surface area contributed by atoms with E-state index in [2.05, 4.69) is 12.2 Å². The quantitative estimate of drug-likeness (QED) is 0.846. The maximum absolute atomic E-state index is 12.0. The lowest BCUT2D eigenvalue weighted by Gasteiger charge is -2.20. The molecule has 0 saturated heterocycles. The van der Waals surface area contributed by atoms with Crippen LogP contribution in [0.1, 0.15) is 54.9 Å². The molecule has 1 saturated carbocycles. The van der Waals surface area contributed by atoms with E-state index in [-0.39, 0.29) is 17.5 Å². The molecule has 1 unspecified atom stereocenters. The van der Waals surface area contributed by atoms with Crippen LogP contribution in [0.3, 0.4) is 0 Å². The summed E-state index contributed by atoms with van der Waals surface area (Å²) >= 11 is 0. The fourth-order valence-electron chi connectivity index (χ4n) is 2.97. The van der Waals surface area contributed by atoms with Crippen LogP contribution >= 0.6 is 0 Å². The van der Waals surface area contributed by atoms with Crippen LogP contribution in [-0.2, 0) is 11.2 Å². The Balaban J connectivity index is 1.76. The summed E-state index contributed by atoms with van der Waals surface area (Å²) in [5.74, 6) is -0.217. The maximum Gasteiger partial charge on any atom is 0.335 e. The third kappa shape index (κ3) is 4.59. The number of aryl methyl sites for hydroxylation is 1. The first-order valence-electron chi connectivity index (χ1n) is 7.68. The fourth-order valence-corrected chi connectivity index (χ4v) is 2.97. The highest BCUT2D eigenvalue weighted by molar-refractivity contribution is 5.87. The Kier molecular flexibility index (Phi) is 5.37. The Bertz CT molecular complexity index is 489. The Morgan fingerprint density at radius 1 is 1.24 bits per heavy atom. The van der Waals surface area contributed by atoms with Gasteiger partial charge < -0.3 is 10.4 Å². The lowest BCUT2D eigenvalue weighted by atomic mass is 9.99. The molecule has 1 aromatic carbocycles. The molecule has 4 heteroatoms. The molecule has 1 aliphatic carbocycles. The van der Waals surface area contributed by atoms with Gasteiger partial charge in [-0.25, -0.2) is 4.79 Å². The van der Waals surface area contributed by atoms with Crippen molar-refractivity contribution in [1.29, 1.82) is 0 Å². The first-order valence-corrected chi connectivity index (χ1v) is 7.68. The second-order valence-corrected chi connectivity index (χ2v) is 5.90. The van der Waals surface area contributed by atoms with Crippen LogP contribution < -0.4 is 5.32 Å². The lowest BCUT2D eigenvalue weighted by Crippen LogP contribution is -2.37. The largest absolute Gasteiger partial charge is 0.478 e. The Morgan fingerprint density at radius 2 is 1.86 bits per heavy atom. The molecule has 4 nitrogen and oxygen atoms in total. The summed E-state index contributed by atoms with van der Waals surface area (Å²) in [5.41, 5.74) is 1.27. The van der Waals surface area contributed by atoms with Crippen molar-refractivity contribution in [3.63, 3.8) is 0 Å². The zero-order valence-corrected chi connectivity index (χ0v) is 12.5. The minimum atomic E-state index is -0.926. The molecule has 0 radical (unpaired) electrons. The van der Waals surface area contributed by atoms with Crippen molar-refractivity contribution < 1.29 is 14.7 Å². The summed E-state index contributed by atoms with van der Waals surface area (Å²) in [5, 5.41) is 11.9. The molecule has 1 fully saturated rings. The van der Waals surface area contributed by atoms with Crippen LogP contribution in [0.25, 0.3) is 0 Å². The van der Waals surface area contributed by atoms with E-state index in [9.17, 15) is 9.59 Å². The third-order valence-electron chi connectivity index (χ3n) is 4.34. The van der Waals surface area contributed by atoms with Gasteiger partial charge in [-0.2, -0.15) is 0 Å². The van der Waals surface area contributed by atoms with Gasteiger partial charge in [0.15, 0.2) is 0 Å². The van der Waals surface area contributed by atoms with E-state index >= 15 is 0 Å². The minimum absolute atomic E-state index is 0.0803. The number of carbonyl (C=O) groups is 2. The maximum atomic E-state index is 12.0. The van der Waals surface area contributed by atoms with E-state index < -0.39 is 5.97 Å². The van der Waals surface area contributed by atoms with E-state index in [0.29, 0.717) is 18.8 Å². The normalized spacial score (nSPS) is 16.6. The SMILES string of the molecule is CC(NC(=O)CCc1ccc(C(=O)O)cc1)C1CCCC1. The number of hydrogen-bond acceptors (Lipinski definition) is 2. The number of carboxylic acids is 1. The molecule has 0 heterocycles. The summed E-state index contributed by atoms with van der Waals surface area (Å²) in [7, 11) is 0. The van der Waals surface area contributed by atoms with Crippen molar-refractivity contribution in [2.24, 2.45) is 5.92 Å². The van der Waals surface area contributed by atoms with Crippen molar-refractivity contribution >= 4 is 11.9 Å². The van der Waals surface area contributed by atoms with Crippen molar-refractivity contribution in [3.8, 4) is 0 Å². The average Bonchev–Trinajstić information content (AvgIpc) is 3.00. The van der Waals surface area contributed by atoms with Gasteiger partial charge in [-0.15, -0.1) is 0 Å². The number of nitrogens with one attached hydrogen (secondary N) is 1. The zero-order chi connectivity index (χ0) is 15.2. The predicted octanol–water partition coefficient (Wildman–Crippen LogP) is 3.01. The molecule has 1 atom stereocenters. The van der Waals surface area contributed by atoms with Crippen LogP contribution in [0.5, 0.6) is 0 Å². The zero-order valence-electron chi connectivity index (χ0n) is 12.5. The summed E-state index contributed by atoms with van der Waals surface area (Å²) in [6.07, 6.45) is 6.09. The molecule has 2 rings (SSSR count). The van der Waals surface area contributed by atoms with Crippen LogP contribution in [0, 0.1) is 5.92 Å². The van der Waals surface area contributed by atoms with Crippen LogP contribution in [-0.4, -0.2) is 23.0 Å². The first kappa shape index (κ1) is 15.5. The first-order chi connectivity index (χ1) is 10.1. The molecule has 0 spiro atoms. The van der Waals surface area contributed by atoms with Gasteiger partial charge in [0.25, 0.3) is 0 Å². The van der Waals surface area contributed by atoms with Gasteiger partial charge in [-0.1, -0.05) is 25.0 Å². The van der Waals surface area contributed by atoms with Crippen molar-refractivity contribution in [2.75, 3.05) is 0 Å². The van der Waals surface area contributed by atoms with E-state index in [4.69, 9.17) is 5.11 Å². The highest BCUT2D eigenvalue weighted by Gasteiger charge is 2.22. The number of carbonyl (C=O) groups excluding carboxylic acids is 1. The van der Waals surface area contributed by atoms with E-state index in [1.54, 1.807) is 24.3 Å². The molecule has 21 heavy (non-hydrogen) atoms. The van der Waals surface area contributed by atoms with Gasteiger partial charge in [0.05, 0.1) is 5.56 Å². The third-order valence-corrected chi connectivity index (χ3v) is 4.34. The molecule has 0 aliphatic heterocycles. The molecule has 0 aromatic heterocycles. The smallest absolute Gasteiger partial charge is 0.335 e. The Labute approximate surface area is 125 Å². The van der Waals surface area contributed by atoms with Gasteiger partial charge in [0.2, 0.25) is 5.91 Å². The summed E-state index contributed by atoms with van der Waals surface area (Å²) in [4.78, 5) is 22.7. The average molecular weight is 289 g/mol.